The molecular weight excluding hydrogens is 383 g/mol. The van der Waals surface area contributed by atoms with Crippen molar-refractivity contribution in [1.29, 1.82) is 0 Å². The van der Waals surface area contributed by atoms with Crippen LogP contribution in [0.3, 0.4) is 0 Å². The maximum absolute atomic E-state index is 7.35. The fourth-order valence-electron chi connectivity index (χ4n) is 2.79. The van der Waals surface area contributed by atoms with E-state index < -0.39 is 15.3 Å². The van der Waals surface area contributed by atoms with E-state index in [0.29, 0.717) is 0 Å². The Morgan fingerprint density at radius 1 is 0.600 bits per heavy atom. The summed E-state index contributed by atoms with van der Waals surface area (Å²) in [6, 6.07) is 20.4. The minimum Gasteiger partial charge on any atom is -0.426 e. The molecule has 0 saturated carbocycles. The Labute approximate surface area is 164 Å². The van der Waals surface area contributed by atoms with Crippen molar-refractivity contribution in [3.05, 3.63) is 60.7 Å². The molecular formula is C20H28Cl2OSi2. The van der Waals surface area contributed by atoms with Gasteiger partial charge in [-0.05, 0) is 20.4 Å². The van der Waals surface area contributed by atoms with E-state index in [9.17, 15) is 0 Å². The van der Waals surface area contributed by atoms with E-state index >= 15 is 0 Å². The molecule has 2 atom stereocenters. The van der Waals surface area contributed by atoms with Crippen LogP contribution in [0.1, 0.15) is 41.5 Å². The molecule has 136 valence electrons. The fraction of sp³-hybridized carbons (Fsp3) is 0.400. The van der Waals surface area contributed by atoms with Crippen molar-refractivity contribution in [2.75, 3.05) is 0 Å². The smallest absolute Gasteiger partial charge is 0.318 e. The van der Waals surface area contributed by atoms with Crippen LogP contribution in [0, 0.1) is 0 Å². The average molecular weight is 412 g/mol. The van der Waals surface area contributed by atoms with Gasteiger partial charge in [-0.15, -0.1) is 22.2 Å². The first-order chi connectivity index (χ1) is 11.4. The van der Waals surface area contributed by atoms with Crippen molar-refractivity contribution in [2.24, 2.45) is 0 Å². The molecule has 5 heteroatoms. The average Bonchev–Trinajstić information content (AvgIpc) is 2.54. The number of halogens is 2. The highest BCUT2D eigenvalue weighted by molar-refractivity contribution is 7.34. The van der Waals surface area contributed by atoms with Crippen LogP contribution >= 0.6 is 22.2 Å². The lowest BCUT2D eigenvalue weighted by Crippen LogP contribution is -2.65. The van der Waals surface area contributed by atoms with Gasteiger partial charge in [-0.25, -0.2) is 0 Å². The summed E-state index contributed by atoms with van der Waals surface area (Å²) in [5.41, 5.74) is 0. The normalized spacial score (nSPS) is 17.6. The Bertz CT molecular complexity index is 634. The molecule has 2 aromatic rings. The van der Waals surface area contributed by atoms with Crippen molar-refractivity contribution in [2.45, 2.75) is 51.6 Å². The van der Waals surface area contributed by atoms with E-state index in [1.807, 2.05) is 36.4 Å². The molecule has 2 unspecified atom stereocenters. The molecule has 0 amide bonds. The van der Waals surface area contributed by atoms with Gasteiger partial charge >= 0.3 is 15.3 Å². The van der Waals surface area contributed by atoms with Crippen LogP contribution in [0.5, 0.6) is 0 Å². The standard InChI is InChI=1S/C20H28Cl2OSi2/c1-19(2,3)24(21,17-13-9-7-10-14-17)23-25(22,20(4,5)6)18-15-11-8-12-16-18/h7-16H,1-6H3. The van der Waals surface area contributed by atoms with Crippen LogP contribution in [0.15, 0.2) is 60.7 Å². The van der Waals surface area contributed by atoms with Crippen LogP contribution in [0.4, 0.5) is 0 Å². The summed E-state index contributed by atoms with van der Waals surface area (Å²) in [5, 5.41) is 1.73. The van der Waals surface area contributed by atoms with Crippen LogP contribution in [0.25, 0.3) is 0 Å². The molecule has 0 radical (unpaired) electrons. The van der Waals surface area contributed by atoms with E-state index in [1.54, 1.807) is 0 Å². The number of benzene rings is 2. The summed E-state index contributed by atoms with van der Waals surface area (Å²) < 4.78 is 6.94. The van der Waals surface area contributed by atoms with Crippen molar-refractivity contribution in [1.82, 2.24) is 0 Å². The van der Waals surface area contributed by atoms with E-state index in [0.717, 1.165) is 10.4 Å². The van der Waals surface area contributed by atoms with Gasteiger partial charge in [0, 0.05) is 0 Å². The van der Waals surface area contributed by atoms with Crippen LogP contribution in [-0.4, -0.2) is 15.3 Å². The predicted molar refractivity (Wildman–Crippen MR) is 116 cm³/mol. The van der Waals surface area contributed by atoms with Crippen molar-refractivity contribution in [3.8, 4) is 0 Å². The zero-order valence-electron chi connectivity index (χ0n) is 15.9. The monoisotopic (exact) mass is 410 g/mol. The second kappa shape index (κ2) is 7.20. The summed E-state index contributed by atoms with van der Waals surface area (Å²) in [6.07, 6.45) is 0. The highest BCUT2D eigenvalue weighted by atomic mass is 35.6. The Kier molecular flexibility index (Phi) is 5.97. The van der Waals surface area contributed by atoms with Crippen LogP contribution in [-0.2, 0) is 4.12 Å². The lowest BCUT2D eigenvalue weighted by molar-refractivity contribution is 0.489. The topological polar surface area (TPSA) is 9.23 Å². The van der Waals surface area contributed by atoms with Crippen LogP contribution in [0.2, 0.25) is 10.1 Å². The van der Waals surface area contributed by atoms with Crippen molar-refractivity contribution in [3.63, 3.8) is 0 Å². The first kappa shape index (κ1) is 20.7. The summed E-state index contributed by atoms with van der Waals surface area (Å²) in [6.45, 7) is 12.9. The number of hydrogen-bond acceptors (Lipinski definition) is 1. The Hall–Kier alpha value is -0.586. The Balaban J connectivity index is 2.63. The first-order valence-electron chi connectivity index (χ1n) is 8.61. The van der Waals surface area contributed by atoms with Gasteiger partial charge in [0.15, 0.2) is 0 Å². The SMILES string of the molecule is CC(C)(C)[Si](Cl)(O[Si](Cl)(c1ccccc1)C(C)(C)C)c1ccccc1. The Morgan fingerprint density at radius 2 is 0.880 bits per heavy atom. The molecule has 2 rings (SSSR count). The van der Waals surface area contributed by atoms with Gasteiger partial charge < -0.3 is 4.12 Å². The van der Waals surface area contributed by atoms with Gasteiger partial charge in [0.2, 0.25) is 0 Å². The minimum absolute atomic E-state index is 0.205. The van der Waals surface area contributed by atoms with Gasteiger partial charge in [-0.3, -0.25) is 0 Å². The highest BCUT2D eigenvalue weighted by Gasteiger charge is 2.57. The summed E-state index contributed by atoms with van der Waals surface area (Å²) >= 11 is 14.7. The summed E-state index contributed by atoms with van der Waals surface area (Å²) in [4.78, 5) is 0. The molecule has 1 nitrogen and oxygen atoms in total. The largest absolute Gasteiger partial charge is 0.426 e. The molecule has 0 aliphatic heterocycles. The third-order valence-electron chi connectivity index (χ3n) is 4.50. The lowest BCUT2D eigenvalue weighted by atomic mass is 10.2. The molecule has 25 heavy (non-hydrogen) atoms. The van der Waals surface area contributed by atoms with E-state index in [1.165, 1.54) is 0 Å². The van der Waals surface area contributed by atoms with Crippen molar-refractivity contribution >= 4 is 47.8 Å². The second-order valence-corrected chi connectivity index (χ2v) is 19.1. The molecule has 2 aromatic carbocycles. The molecule has 0 fully saturated rings. The lowest BCUT2D eigenvalue weighted by Gasteiger charge is -2.46. The zero-order valence-corrected chi connectivity index (χ0v) is 19.4. The molecule has 0 aromatic heterocycles. The minimum atomic E-state index is -2.85. The highest BCUT2D eigenvalue weighted by Crippen LogP contribution is 2.47. The first-order valence-corrected chi connectivity index (χ1v) is 14.4. The predicted octanol–water partition coefficient (Wildman–Crippen LogP) is 5.78. The second-order valence-electron chi connectivity index (χ2n) is 8.52. The summed E-state index contributed by atoms with van der Waals surface area (Å²) in [7, 11) is -5.71. The van der Waals surface area contributed by atoms with Gasteiger partial charge in [-0.2, -0.15) is 0 Å². The molecule has 0 bridgehead atoms. The van der Waals surface area contributed by atoms with Gasteiger partial charge in [0.25, 0.3) is 0 Å². The maximum atomic E-state index is 7.35. The van der Waals surface area contributed by atoms with Crippen LogP contribution < -0.4 is 10.4 Å². The fourth-order valence-corrected chi connectivity index (χ4v) is 13.9. The molecule has 0 saturated heterocycles. The third kappa shape index (κ3) is 4.06. The molecule has 0 N–H and O–H groups in total. The molecule has 0 spiro atoms. The summed E-state index contributed by atoms with van der Waals surface area (Å²) in [5.74, 6) is 0. The van der Waals surface area contributed by atoms with Gasteiger partial charge in [0.05, 0.1) is 0 Å². The molecule has 0 aliphatic rings. The Morgan fingerprint density at radius 3 is 1.12 bits per heavy atom. The third-order valence-corrected chi connectivity index (χ3v) is 18.9. The quantitative estimate of drug-likeness (QED) is 0.458. The molecule has 0 heterocycles. The van der Waals surface area contributed by atoms with E-state index in [2.05, 4.69) is 65.8 Å². The van der Waals surface area contributed by atoms with E-state index in [4.69, 9.17) is 26.3 Å². The van der Waals surface area contributed by atoms with E-state index in [-0.39, 0.29) is 10.1 Å². The van der Waals surface area contributed by atoms with Crippen molar-refractivity contribution < 1.29 is 4.12 Å². The maximum Gasteiger partial charge on any atom is 0.318 e. The van der Waals surface area contributed by atoms with Gasteiger partial charge in [-0.1, -0.05) is 102 Å². The number of hydrogen-bond donors (Lipinski definition) is 0. The number of rotatable bonds is 4. The molecule has 0 aliphatic carbocycles. The van der Waals surface area contributed by atoms with Gasteiger partial charge in [0.1, 0.15) is 0 Å². The zero-order chi connectivity index (χ0) is 18.9.